The van der Waals surface area contributed by atoms with E-state index in [4.69, 9.17) is 24.5 Å². The van der Waals surface area contributed by atoms with Crippen molar-refractivity contribution < 1.29 is 50.3 Å². The maximum absolute atomic E-state index is 14.5. The van der Waals surface area contributed by atoms with Crippen LogP contribution in [0.5, 0.6) is 0 Å². The molecule has 1 aromatic rings. The van der Waals surface area contributed by atoms with Gasteiger partial charge in [0, 0.05) is 13.5 Å². The summed E-state index contributed by atoms with van der Waals surface area (Å²) in [6.45, 7) is 6.62. The zero-order valence-electron chi connectivity index (χ0n) is 23.0. The van der Waals surface area contributed by atoms with Gasteiger partial charge in [0.05, 0.1) is 37.7 Å². The van der Waals surface area contributed by atoms with Crippen LogP contribution in [0.1, 0.15) is 47.3 Å². The number of aromatic nitrogens is 2. The van der Waals surface area contributed by atoms with Crippen molar-refractivity contribution in [3.05, 3.63) is 22.5 Å². The van der Waals surface area contributed by atoms with Gasteiger partial charge in [-0.3, -0.25) is 14.4 Å². The van der Waals surface area contributed by atoms with Crippen LogP contribution in [0.2, 0.25) is 0 Å². The fourth-order valence-electron chi connectivity index (χ4n) is 2.70. The Balaban J connectivity index is 0.00000167. The summed E-state index contributed by atoms with van der Waals surface area (Å²) in [6, 6.07) is -0.816. The number of nitrogens with two attached hydrogens (primary N) is 1. The second-order valence-electron chi connectivity index (χ2n) is 8.58. The molecule has 0 spiro atoms. The molecule has 4 atom stereocenters. The van der Waals surface area contributed by atoms with Crippen molar-refractivity contribution in [3.63, 3.8) is 0 Å². The zero-order chi connectivity index (χ0) is 31.0. The van der Waals surface area contributed by atoms with Gasteiger partial charge in [0.25, 0.3) is 5.92 Å². The van der Waals surface area contributed by atoms with E-state index in [0.29, 0.717) is 23.2 Å². The van der Waals surface area contributed by atoms with E-state index >= 15 is 0 Å². The second kappa shape index (κ2) is 18.9. The van der Waals surface area contributed by atoms with Crippen LogP contribution in [-0.4, -0.2) is 79.3 Å². The summed E-state index contributed by atoms with van der Waals surface area (Å²) in [7, 11) is -0.110. The predicted octanol–water partition coefficient (Wildman–Crippen LogP) is 2.77. The van der Waals surface area contributed by atoms with Gasteiger partial charge in [-0.2, -0.15) is 4.98 Å². The van der Waals surface area contributed by atoms with E-state index < -0.39 is 69.4 Å². The van der Waals surface area contributed by atoms with Crippen LogP contribution in [0.15, 0.2) is 11.0 Å². The number of esters is 1. The number of alkyl halides is 4. The minimum absolute atomic E-state index is 0.124. The third-order valence-electron chi connectivity index (χ3n) is 4.56. The highest BCUT2D eigenvalue weighted by Gasteiger charge is 2.52. The van der Waals surface area contributed by atoms with E-state index in [1.807, 2.05) is 13.8 Å². The Bertz CT molecular complexity index is 961. The maximum Gasteiger partial charge on any atom is 0.352 e. The lowest BCUT2D eigenvalue weighted by Crippen LogP contribution is -2.37. The largest absolute Gasteiger partial charge is 0.462 e. The fraction of sp³-hybridized carbons (Fsp3) is 0.727. The number of nitrogen functional groups attached to an aromatic ring is 1. The lowest BCUT2D eigenvalue weighted by molar-refractivity contribution is -0.149. The number of carbonyl (C=O) groups excluding carboxylic acids is 2. The Hall–Kier alpha value is -2.30. The minimum atomic E-state index is -3.52. The van der Waals surface area contributed by atoms with Gasteiger partial charge in [-0.05, 0) is 34.6 Å². The Labute approximate surface area is 230 Å². The monoisotopic (exact) mass is 609 g/mol. The van der Waals surface area contributed by atoms with Gasteiger partial charge < -0.3 is 29.3 Å². The van der Waals surface area contributed by atoms with Crippen LogP contribution < -0.4 is 21.6 Å². The molecule has 12 nitrogen and oxygen atoms in total. The Morgan fingerprint density at radius 1 is 1.30 bits per heavy atom. The summed E-state index contributed by atoms with van der Waals surface area (Å²) >= 11 is 0. The van der Waals surface area contributed by atoms with Gasteiger partial charge in [-0.25, -0.2) is 31.8 Å². The molecule has 0 amide bonds. The fourth-order valence-corrected chi connectivity index (χ4v) is 3.97. The van der Waals surface area contributed by atoms with Gasteiger partial charge in [0.1, 0.15) is 12.3 Å². The number of anilines is 1. The molecule has 0 aliphatic carbocycles. The number of methoxy groups -OCH3 is 1. The number of hydrogen-bond donors (Lipinski definition) is 3. The molecule has 1 aromatic heterocycles. The van der Waals surface area contributed by atoms with Gasteiger partial charge in [0.2, 0.25) is 13.2 Å². The highest BCUT2D eigenvalue weighted by Crippen LogP contribution is 2.43. The zero-order valence-corrected chi connectivity index (χ0v) is 23.9. The third-order valence-corrected chi connectivity index (χ3v) is 6.06. The minimum Gasteiger partial charge on any atom is -0.462 e. The molecule has 2 heterocycles. The van der Waals surface area contributed by atoms with Crippen LogP contribution in [0.25, 0.3) is 0 Å². The quantitative estimate of drug-likeness (QED) is 0.139. The molecule has 40 heavy (non-hydrogen) atoms. The molecule has 1 saturated heterocycles. The van der Waals surface area contributed by atoms with Crippen LogP contribution in [0.3, 0.4) is 0 Å². The summed E-state index contributed by atoms with van der Waals surface area (Å²) in [6.07, 6.45) is -2.99. The highest BCUT2D eigenvalue weighted by atomic mass is 31.2. The number of rotatable bonds is 12. The van der Waals surface area contributed by atoms with Gasteiger partial charge in [-0.1, -0.05) is 0 Å². The Kier molecular flexibility index (Phi) is 17.8. The van der Waals surface area contributed by atoms with Crippen LogP contribution in [0.4, 0.5) is 27.8 Å². The first kappa shape index (κ1) is 37.7. The van der Waals surface area contributed by atoms with Crippen molar-refractivity contribution in [1.29, 1.82) is 0 Å². The van der Waals surface area contributed by atoms with Gasteiger partial charge >= 0.3 is 11.7 Å². The molecule has 0 aromatic carbocycles. The van der Waals surface area contributed by atoms with E-state index in [9.17, 15) is 36.3 Å². The number of halogens is 5. The molecule has 1 fully saturated rings. The summed E-state index contributed by atoms with van der Waals surface area (Å²) in [5.74, 6) is -5.94. The molecule has 0 radical (unpaired) electrons. The van der Waals surface area contributed by atoms with Crippen molar-refractivity contribution in [2.45, 2.75) is 77.5 Å². The standard InChI is InChI=1S/C17H25F3N5O6P.C4H10O.CH2F2/c1-9(2)30-14(27)10(3)24-32(22-4-5-26)29-8-11-6-17(19,20)15(31-11)25-7-12(18)13(21)23-16(25)28;1-4(2)5-3;2-1-3/h5,7,9-11,15,22,24H,4,6,8H2,1-3H3,(H2,21,23,28);4H,1-3H3;1H2. The first-order valence-corrected chi connectivity index (χ1v) is 13.2. The average molecular weight is 610 g/mol. The van der Waals surface area contributed by atoms with Crippen LogP contribution in [-0.2, 0) is 28.3 Å². The number of aldehydes is 1. The van der Waals surface area contributed by atoms with Gasteiger partial charge in [-0.15, -0.1) is 0 Å². The molecule has 232 valence electrons. The molecule has 4 unspecified atom stereocenters. The summed E-state index contributed by atoms with van der Waals surface area (Å²) in [5, 5.41) is 5.50. The number of ether oxygens (including phenoxy) is 3. The molecular weight excluding hydrogens is 572 g/mol. The van der Waals surface area contributed by atoms with Crippen molar-refractivity contribution in [3.8, 4) is 0 Å². The summed E-state index contributed by atoms with van der Waals surface area (Å²) in [5.41, 5.74) is 3.98. The van der Waals surface area contributed by atoms with E-state index in [-0.39, 0.29) is 19.3 Å². The number of carbonyl (C=O) groups is 2. The predicted molar refractivity (Wildman–Crippen MR) is 136 cm³/mol. The smallest absolute Gasteiger partial charge is 0.352 e. The van der Waals surface area contributed by atoms with Crippen molar-refractivity contribution in [1.82, 2.24) is 19.7 Å². The second-order valence-corrected chi connectivity index (χ2v) is 10.0. The molecule has 1 aliphatic rings. The number of nitrogens with zero attached hydrogens (tertiary/aromatic N) is 2. The molecule has 0 saturated carbocycles. The maximum atomic E-state index is 14.5. The van der Waals surface area contributed by atoms with Crippen LogP contribution >= 0.6 is 8.45 Å². The highest BCUT2D eigenvalue weighted by molar-refractivity contribution is 7.48. The molecule has 0 bridgehead atoms. The van der Waals surface area contributed by atoms with Crippen molar-refractivity contribution in [2.24, 2.45) is 0 Å². The normalized spacial score (nSPS) is 19.2. The average Bonchev–Trinajstić information content (AvgIpc) is 3.17. The first-order chi connectivity index (χ1) is 18.6. The molecular formula is C22H37F5N5O7P. The molecule has 4 N–H and O–H groups in total. The van der Waals surface area contributed by atoms with Crippen molar-refractivity contribution in [2.75, 3.05) is 32.9 Å². The van der Waals surface area contributed by atoms with E-state index in [1.54, 1.807) is 21.0 Å². The third kappa shape index (κ3) is 13.9. The number of hydrogen-bond acceptors (Lipinski definition) is 11. The van der Waals surface area contributed by atoms with E-state index in [2.05, 4.69) is 15.2 Å². The van der Waals surface area contributed by atoms with Crippen molar-refractivity contribution >= 4 is 26.5 Å². The lowest BCUT2D eigenvalue weighted by Gasteiger charge is -2.24. The molecule has 18 heteroatoms. The van der Waals surface area contributed by atoms with E-state index in [0.717, 1.165) is 0 Å². The van der Waals surface area contributed by atoms with Gasteiger partial charge in [0.15, 0.2) is 20.1 Å². The summed E-state index contributed by atoms with van der Waals surface area (Å²) in [4.78, 5) is 37.7. The van der Waals surface area contributed by atoms with E-state index in [1.165, 1.54) is 6.92 Å². The lowest BCUT2D eigenvalue weighted by atomic mass is 10.2. The first-order valence-electron chi connectivity index (χ1n) is 11.9. The summed E-state index contributed by atoms with van der Waals surface area (Å²) < 4.78 is 82.7. The Morgan fingerprint density at radius 2 is 1.88 bits per heavy atom. The Morgan fingerprint density at radius 3 is 2.38 bits per heavy atom. The topological polar surface area (TPSA) is 156 Å². The molecule has 2 rings (SSSR count). The van der Waals surface area contributed by atoms with Crippen LogP contribution in [0, 0.1) is 5.82 Å². The SMILES string of the molecule is CC(C)OC(=O)C(C)NP(NCC=O)OCC1CC(F)(F)C(n2cc(F)c(N)nc2=O)O1.COC(C)C.FCF. The number of nitrogens with one attached hydrogen (secondary N) is 2. The molecule has 1 aliphatic heterocycles.